The molecule has 0 spiro atoms. The van der Waals surface area contributed by atoms with E-state index in [9.17, 15) is 4.79 Å². The van der Waals surface area contributed by atoms with Crippen LogP contribution in [0.1, 0.15) is 0 Å². The molecule has 0 radical (unpaired) electrons. The molecule has 10 heteroatoms. The maximum Gasteiger partial charge on any atom is 0.238 e. The summed E-state index contributed by atoms with van der Waals surface area (Å²) in [7, 11) is 1.86. The smallest absolute Gasteiger partial charge is 0.238 e. The Bertz CT molecular complexity index is 994. The number of carbonyl (C=O) groups is 1. The number of carbonyl (C=O) groups excluding carboxylic acids is 1. The van der Waals surface area contributed by atoms with Gasteiger partial charge in [0.2, 0.25) is 5.91 Å². The van der Waals surface area contributed by atoms with E-state index >= 15 is 0 Å². The number of anilines is 2. The first-order valence-corrected chi connectivity index (χ1v) is 9.62. The molecule has 1 aliphatic rings. The van der Waals surface area contributed by atoms with Crippen LogP contribution in [0, 0.1) is 0 Å². The molecule has 0 saturated carbocycles. The summed E-state index contributed by atoms with van der Waals surface area (Å²) in [5.74, 6) is 0.741. The standard InChI is InChI=1S/C18H19Cl2N7O/c1-25-17-12(9-23-25)18(22-11-21-17)27-7-5-26(6-8-27)10-15(28)24-16-13(19)3-2-4-14(16)20/h2-4,9,11H,5-8,10H2,1H3,(H,24,28). The Morgan fingerprint density at radius 3 is 2.57 bits per heavy atom. The van der Waals surface area contributed by atoms with Crippen molar-refractivity contribution >= 4 is 51.6 Å². The normalized spacial score (nSPS) is 15.2. The number of hydrogen-bond acceptors (Lipinski definition) is 6. The van der Waals surface area contributed by atoms with Gasteiger partial charge in [0.15, 0.2) is 5.65 Å². The van der Waals surface area contributed by atoms with Crippen molar-refractivity contribution in [3.05, 3.63) is 40.8 Å². The molecule has 3 heterocycles. The maximum atomic E-state index is 12.4. The number of aryl methyl sites for hydroxylation is 1. The Morgan fingerprint density at radius 2 is 1.86 bits per heavy atom. The first-order valence-electron chi connectivity index (χ1n) is 8.87. The number of nitrogens with one attached hydrogen (secondary N) is 1. The highest BCUT2D eigenvalue weighted by Gasteiger charge is 2.22. The van der Waals surface area contributed by atoms with Crippen LogP contribution in [0.3, 0.4) is 0 Å². The van der Waals surface area contributed by atoms with Crippen LogP contribution < -0.4 is 10.2 Å². The van der Waals surface area contributed by atoms with Gasteiger partial charge in [0, 0.05) is 33.2 Å². The molecular formula is C18H19Cl2N7O. The van der Waals surface area contributed by atoms with Crippen molar-refractivity contribution in [3.8, 4) is 0 Å². The lowest BCUT2D eigenvalue weighted by molar-refractivity contribution is -0.117. The van der Waals surface area contributed by atoms with Crippen molar-refractivity contribution in [2.75, 3.05) is 42.9 Å². The minimum absolute atomic E-state index is 0.139. The van der Waals surface area contributed by atoms with Crippen molar-refractivity contribution < 1.29 is 4.79 Å². The lowest BCUT2D eigenvalue weighted by atomic mass is 10.2. The summed E-state index contributed by atoms with van der Waals surface area (Å²) in [4.78, 5) is 25.4. The van der Waals surface area contributed by atoms with Gasteiger partial charge in [-0.1, -0.05) is 29.3 Å². The van der Waals surface area contributed by atoms with Crippen LogP contribution in [0.2, 0.25) is 10.0 Å². The van der Waals surface area contributed by atoms with Gasteiger partial charge < -0.3 is 10.2 Å². The quantitative estimate of drug-likeness (QED) is 0.699. The Morgan fingerprint density at radius 1 is 1.14 bits per heavy atom. The van der Waals surface area contributed by atoms with E-state index in [1.54, 1.807) is 35.4 Å². The van der Waals surface area contributed by atoms with Crippen LogP contribution in [0.15, 0.2) is 30.7 Å². The number of amides is 1. The fourth-order valence-corrected chi connectivity index (χ4v) is 3.81. The van der Waals surface area contributed by atoms with Gasteiger partial charge >= 0.3 is 0 Å². The molecule has 1 aliphatic heterocycles. The fraction of sp³-hybridized carbons (Fsp3) is 0.333. The molecule has 28 heavy (non-hydrogen) atoms. The zero-order valence-electron chi connectivity index (χ0n) is 15.3. The highest BCUT2D eigenvalue weighted by atomic mass is 35.5. The predicted molar refractivity (Wildman–Crippen MR) is 110 cm³/mol. The molecule has 1 saturated heterocycles. The highest BCUT2D eigenvalue weighted by Crippen LogP contribution is 2.29. The third-order valence-electron chi connectivity index (χ3n) is 4.77. The number of rotatable bonds is 4. The van der Waals surface area contributed by atoms with Crippen molar-refractivity contribution in [1.82, 2.24) is 24.6 Å². The number of piperazine rings is 1. The maximum absolute atomic E-state index is 12.4. The van der Waals surface area contributed by atoms with E-state index in [-0.39, 0.29) is 12.5 Å². The molecule has 2 aromatic heterocycles. The number of para-hydroxylation sites is 1. The van der Waals surface area contributed by atoms with Gasteiger partial charge in [0.05, 0.1) is 33.9 Å². The molecule has 8 nitrogen and oxygen atoms in total. The minimum Gasteiger partial charge on any atom is -0.353 e. The van der Waals surface area contributed by atoms with Crippen molar-refractivity contribution in [1.29, 1.82) is 0 Å². The minimum atomic E-state index is -0.139. The molecule has 0 unspecified atom stereocenters. The summed E-state index contributed by atoms with van der Waals surface area (Å²) in [5.41, 5.74) is 1.26. The summed E-state index contributed by atoms with van der Waals surface area (Å²) in [5, 5.41) is 8.85. The zero-order chi connectivity index (χ0) is 19.7. The average molecular weight is 420 g/mol. The summed E-state index contributed by atoms with van der Waals surface area (Å²) in [6.45, 7) is 3.30. The fourth-order valence-electron chi connectivity index (χ4n) is 3.32. The first-order chi connectivity index (χ1) is 13.5. The number of fused-ring (bicyclic) bond motifs is 1. The monoisotopic (exact) mass is 419 g/mol. The lowest BCUT2D eigenvalue weighted by Crippen LogP contribution is -2.49. The third kappa shape index (κ3) is 3.76. The molecule has 4 rings (SSSR count). The molecule has 1 N–H and O–H groups in total. The summed E-state index contributed by atoms with van der Waals surface area (Å²) in [6.07, 6.45) is 3.35. The summed E-state index contributed by atoms with van der Waals surface area (Å²) >= 11 is 12.2. The van der Waals surface area contributed by atoms with Gasteiger partial charge in [-0.3, -0.25) is 14.4 Å². The Hall–Kier alpha value is -2.42. The topological polar surface area (TPSA) is 79.2 Å². The van der Waals surface area contributed by atoms with Crippen LogP contribution in [-0.4, -0.2) is 63.3 Å². The highest BCUT2D eigenvalue weighted by molar-refractivity contribution is 6.39. The second kappa shape index (κ2) is 7.90. The van der Waals surface area contributed by atoms with E-state index in [0.29, 0.717) is 15.7 Å². The Balaban J connectivity index is 1.37. The molecule has 1 fully saturated rings. The van der Waals surface area contributed by atoms with Crippen LogP contribution >= 0.6 is 23.2 Å². The average Bonchev–Trinajstić information content (AvgIpc) is 3.07. The van der Waals surface area contributed by atoms with Gasteiger partial charge in [-0.2, -0.15) is 5.10 Å². The molecule has 1 aromatic carbocycles. The zero-order valence-corrected chi connectivity index (χ0v) is 16.8. The predicted octanol–water partition coefficient (Wildman–Crippen LogP) is 2.43. The van der Waals surface area contributed by atoms with Crippen LogP contribution in [0.5, 0.6) is 0 Å². The molecule has 0 bridgehead atoms. The van der Waals surface area contributed by atoms with Crippen molar-refractivity contribution in [3.63, 3.8) is 0 Å². The molecule has 0 atom stereocenters. The molecule has 146 valence electrons. The summed E-state index contributed by atoms with van der Waals surface area (Å²) in [6, 6.07) is 5.14. The molecule has 3 aromatic rings. The lowest BCUT2D eigenvalue weighted by Gasteiger charge is -2.35. The Kier molecular flexibility index (Phi) is 5.34. The SMILES string of the molecule is Cn1ncc2c(N3CCN(CC(=O)Nc4c(Cl)cccc4Cl)CC3)ncnc21. The van der Waals surface area contributed by atoms with Crippen LogP contribution in [0.25, 0.3) is 11.0 Å². The Labute approximate surface area is 172 Å². The van der Waals surface area contributed by atoms with Gasteiger partial charge in [-0.05, 0) is 12.1 Å². The van der Waals surface area contributed by atoms with Gasteiger partial charge in [-0.25, -0.2) is 9.97 Å². The van der Waals surface area contributed by atoms with Gasteiger partial charge in [-0.15, -0.1) is 0 Å². The second-order valence-electron chi connectivity index (χ2n) is 6.61. The van der Waals surface area contributed by atoms with E-state index in [1.165, 1.54) is 0 Å². The second-order valence-corrected chi connectivity index (χ2v) is 7.43. The van der Waals surface area contributed by atoms with E-state index < -0.39 is 0 Å². The van der Waals surface area contributed by atoms with Crippen LogP contribution in [-0.2, 0) is 11.8 Å². The first kappa shape index (κ1) is 18.9. The molecule has 1 amide bonds. The third-order valence-corrected chi connectivity index (χ3v) is 5.40. The van der Waals surface area contributed by atoms with E-state index in [0.717, 1.165) is 43.0 Å². The van der Waals surface area contributed by atoms with E-state index in [1.807, 2.05) is 7.05 Å². The van der Waals surface area contributed by atoms with Crippen molar-refractivity contribution in [2.24, 2.45) is 7.05 Å². The van der Waals surface area contributed by atoms with Gasteiger partial charge in [0.1, 0.15) is 12.1 Å². The number of benzene rings is 1. The number of hydrogen-bond donors (Lipinski definition) is 1. The van der Waals surface area contributed by atoms with Crippen LogP contribution in [0.4, 0.5) is 11.5 Å². The van der Waals surface area contributed by atoms with E-state index in [4.69, 9.17) is 23.2 Å². The van der Waals surface area contributed by atoms with E-state index in [2.05, 4.69) is 30.2 Å². The summed E-state index contributed by atoms with van der Waals surface area (Å²) < 4.78 is 1.74. The number of halogens is 2. The number of aromatic nitrogens is 4. The molecule has 0 aliphatic carbocycles. The number of nitrogens with zero attached hydrogens (tertiary/aromatic N) is 6. The van der Waals surface area contributed by atoms with Crippen molar-refractivity contribution in [2.45, 2.75) is 0 Å². The van der Waals surface area contributed by atoms with Gasteiger partial charge in [0.25, 0.3) is 0 Å². The molecular weight excluding hydrogens is 401 g/mol. The largest absolute Gasteiger partial charge is 0.353 e.